The van der Waals surface area contributed by atoms with Crippen molar-refractivity contribution in [3.8, 4) is 5.75 Å². The van der Waals surface area contributed by atoms with E-state index in [2.05, 4.69) is 46.2 Å². The minimum atomic E-state index is 0.198. The van der Waals surface area contributed by atoms with Crippen LogP contribution in [0.2, 0.25) is 5.02 Å². The minimum absolute atomic E-state index is 0.198. The van der Waals surface area contributed by atoms with Crippen LogP contribution >= 0.6 is 11.6 Å². The molecule has 152 valence electrons. The summed E-state index contributed by atoms with van der Waals surface area (Å²) in [5, 5.41) is 5.15. The fraction of sp³-hybridized carbons (Fsp3) is 0.208. The van der Waals surface area contributed by atoms with Crippen molar-refractivity contribution < 1.29 is 4.74 Å². The number of rotatable bonds is 5. The molecule has 0 saturated carbocycles. The molecule has 1 aliphatic heterocycles. The summed E-state index contributed by atoms with van der Waals surface area (Å²) in [6.07, 6.45) is 3.93. The van der Waals surface area contributed by atoms with Crippen molar-refractivity contribution in [1.29, 1.82) is 0 Å². The molecule has 2 aromatic carbocycles. The van der Waals surface area contributed by atoms with Crippen LogP contribution in [0.25, 0.3) is 10.9 Å². The largest absolute Gasteiger partial charge is 0.486 e. The molecule has 0 spiro atoms. The molecule has 1 saturated heterocycles. The monoisotopic (exact) mass is 418 g/mol. The zero-order valence-corrected chi connectivity index (χ0v) is 17.7. The predicted molar refractivity (Wildman–Crippen MR) is 123 cm³/mol. The van der Waals surface area contributed by atoms with Crippen molar-refractivity contribution in [3.05, 3.63) is 77.1 Å². The topological polar surface area (TPSA) is 53.2 Å². The van der Waals surface area contributed by atoms with Crippen molar-refractivity contribution in [2.24, 2.45) is 0 Å². The lowest BCUT2D eigenvalue weighted by Gasteiger charge is -2.41. The number of nitrogens with zero attached hydrogens (tertiary/aromatic N) is 2. The average Bonchev–Trinajstić information content (AvgIpc) is 3.17. The second-order valence-electron chi connectivity index (χ2n) is 7.74. The number of fused-ring (bicyclic) bond motifs is 1. The van der Waals surface area contributed by atoms with Crippen molar-refractivity contribution in [2.45, 2.75) is 20.0 Å². The van der Waals surface area contributed by atoms with Crippen LogP contribution < -0.4 is 15.0 Å². The summed E-state index contributed by atoms with van der Waals surface area (Å²) in [5.74, 6) is 1.80. The standard InChI is InChI=1S/C24H23ClN4O/c1-15-5-3-4-6-23(15)30-18-13-29(14-18)22-8-10-27-24(16(22)2)28-17-11-20(25)19-7-9-26-21(19)12-17/h3-12,18,26H,13-14H2,1-2H3,(H,27,28). The Morgan fingerprint density at radius 2 is 1.97 bits per heavy atom. The molecule has 6 heteroatoms. The Bertz CT molecular complexity index is 1210. The summed E-state index contributed by atoms with van der Waals surface area (Å²) in [6.45, 7) is 5.89. The van der Waals surface area contributed by atoms with Crippen LogP contribution in [0, 0.1) is 13.8 Å². The number of para-hydroxylation sites is 1. The SMILES string of the molecule is Cc1ccccc1OC1CN(c2ccnc(Nc3cc(Cl)c4cc[nH]c4c3)c2C)C1. The molecular formula is C24H23ClN4O. The zero-order chi connectivity index (χ0) is 20.7. The normalized spacial score (nSPS) is 14.0. The molecule has 3 heterocycles. The molecule has 5 nitrogen and oxygen atoms in total. The van der Waals surface area contributed by atoms with Crippen molar-refractivity contribution >= 4 is 39.7 Å². The second-order valence-corrected chi connectivity index (χ2v) is 8.14. The highest BCUT2D eigenvalue weighted by Gasteiger charge is 2.30. The van der Waals surface area contributed by atoms with Gasteiger partial charge < -0.3 is 19.9 Å². The summed E-state index contributed by atoms with van der Waals surface area (Å²) < 4.78 is 6.15. The van der Waals surface area contributed by atoms with Gasteiger partial charge in [0.1, 0.15) is 17.7 Å². The first-order valence-corrected chi connectivity index (χ1v) is 10.4. The molecule has 1 aliphatic rings. The van der Waals surface area contributed by atoms with Gasteiger partial charge >= 0.3 is 0 Å². The third kappa shape index (κ3) is 3.46. The molecule has 0 unspecified atom stereocenters. The number of pyridine rings is 1. The van der Waals surface area contributed by atoms with Crippen molar-refractivity contribution in [3.63, 3.8) is 0 Å². The van der Waals surface area contributed by atoms with E-state index >= 15 is 0 Å². The number of aromatic nitrogens is 2. The number of hydrogen-bond acceptors (Lipinski definition) is 4. The lowest BCUT2D eigenvalue weighted by Crippen LogP contribution is -2.54. The van der Waals surface area contributed by atoms with Crippen LogP contribution in [0.15, 0.2) is 60.9 Å². The van der Waals surface area contributed by atoms with Gasteiger partial charge in [-0.3, -0.25) is 0 Å². The van der Waals surface area contributed by atoms with Gasteiger partial charge in [0, 0.05) is 40.2 Å². The number of halogens is 1. The number of anilines is 3. The van der Waals surface area contributed by atoms with Crippen molar-refractivity contribution in [1.82, 2.24) is 9.97 Å². The summed E-state index contributed by atoms with van der Waals surface area (Å²) in [5.41, 5.74) is 5.35. The van der Waals surface area contributed by atoms with Gasteiger partial charge in [-0.25, -0.2) is 4.98 Å². The van der Waals surface area contributed by atoms with Gasteiger partial charge in [-0.05, 0) is 49.7 Å². The van der Waals surface area contributed by atoms with Crippen LogP contribution in [-0.4, -0.2) is 29.2 Å². The second kappa shape index (κ2) is 7.58. The lowest BCUT2D eigenvalue weighted by atomic mass is 10.1. The molecule has 2 aromatic heterocycles. The molecular weight excluding hydrogens is 396 g/mol. The third-order valence-electron chi connectivity index (χ3n) is 5.63. The molecule has 0 atom stereocenters. The van der Waals surface area contributed by atoms with E-state index in [-0.39, 0.29) is 6.10 Å². The smallest absolute Gasteiger partial charge is 0.135 e. The molecule has 1 fully saturated rings. The summed E-state index contributed by atoms with van der Waals surface area (Å²) in [6, 6.07) is 16.2. The molecule has 0 bridgehead atoms. The Morgan fingerprint density at radius 3 is 2.80 bits per heavy atom. The Labute approximate surface area is 180 Å². The first kappa shape index (κ1) is 18.8. The Kier molecular flexibility index (Phi) is 4.75. The lowest BCUT2D eigenvalue weighted by molar-refractivity contribution is 0.166. The van der Waals surface area contributed by atoms with Gasteiger partial charge in [-0.15, -0.1) is 0 Å². The predicted octanol–water partition coefficient (Wildman–Crippen LogP) is 5.84. The average molecular weight is 419 g/mol. The van der Waals surface area contributed by atoms with E-state index in [9.17, 15) is 0 Å². The fourth-order valence-electron chi connectivity index (χ4n) is 3.90. The number of H-pyrrole nitrogens is 1. The van der Waals surface area contributed by atoms with Gasteiger partial charge in [-0.2, -0.15) is 0 Å². The highest BCUT2D eigenvalue weighted by Crippen LogP contribution is 2.33. The number of aryl methyl sites for hydroxylation is 1. The molecule has 5 rings (SSSR count). The van der Waals surface area contributed by atoms with E-state index in [1.54, 1.807) is 0 Å². The van der Waals surface area contributed by atoms with E-state index in [1.807, 2.05) is 48.8 Å². The maximum Gasteiger partial charge on any atom is 0.135 e. The number of nitrogens with one attached hydrogen (secondary N) is 2. The minimum Gasteiger partial charge on any atom is -0.486 e. The van der Waals surface area contributed by atoms with Gasteiger partial charge in [-0.1, -0.05) is 29.8 Å². The number of hydrogen-bond donors (Lipinski definition) is 2. The quantitative estimate of drug-likeness (QED) is 0.427. The van der Waals surface area contributed by atoms with Crippen LogP contribution in [0.3, 0.4) is 0 Å². The van der Waals surface area contributed by atoms with Gasteiger partial charge in [0.15, 0.2) is 0 Å². The Balaban J connectivity index is 1.31. The van der Waals surface area contributed by atoms with Crippen LogP contribution in [0.5, 0.6) is 5.75 Å². The molecule has 0 aliphatic carbocycles. The van der Waals surface area contributed by atoms with Gasteiger partial charge in [0.25, 0.3) is 0 Å². The first-order valence-electron chi connectivity index (χ1n) is 10.0. The van der Waals surface area contributed by atoms with Gasteiger partial charge in [0.2, 0.25) is 0 Å². The summed E-state index contributed by atoms with van der Waals surface area (Å²) in [7, 11) is 0. The third-order valence-corrected chi connectivity index (χ3v) is 5.95. The molecule has 0 radical (unpaired) electrons. The molecule has 4 aromatic rings. The zero-order valence-electron chi connectivity index (χ0n) is 16.9. The summed E-state index contributed by atoms with van der Waals surface area (Å²) in [4.78, 5) is 10.1. The molecule has 0 amide bonds. The van der Waals surface area contributed by atoms with E-state index in [1.165, 1.54) is 11.3 Å². The fourth-order valence-corrected chi connectivity index (χ4v) is 4.18. The van der Waals surface area contributed by atoms with E-state index < -0.39 is 0 Å². The maximum atomic E-state index is 6.41. The number of aromatic amines is 1. The van der Waals surface area contributed by atoms with Gasteiger partial charge in [0.05, 0.1) is 18.1 Å². The number of benzene rings is 2. The van der Waals surface area contributed by atoms with Crippen LogP contribution in [-0.2, 0) is 0 Å². The van der Waals surface area contributed by atoms with Crippen molar-refractivity contribution in [2.75, 3.05) is 23.3 Å². The maximum absolute atomic E-state index is 6.41. The van der Waals surface area contributed by atoms with E-state index in [0.717, 1.165) is 46.8 Å². The Morgan fingerprint density at radius 1 is 1.13 bits per heavy atom. The van der Waals surface area contributed by atoms with Crippen LogP contribution in [0.1, 0.15) is 11.1 Å². The molecule has 30 heavy (non-hydrogen) atoms. The van der Waals surface area contributed by atoms with E-state index in [4.69, 9.17) is 16.3 Å². The highest BCUT2D eigenvalue weighted by molar-refractivity contribution is 6.35. The van der Waals surface area contributed by atoms with Crippen LogP contribution in [0.4, 0.5) is 17.2 Å². The highest BCUT2D eigenvalue weighted by atomic mass is 35.5. The molecule has 2 N–H and O–H groups in total. The van der Waals surface area contributed by atoms with E-state index in [0.29, 0.717) is 5.02 Å². The summed E-state index contributed by atoms with van der Waals surface area (Å²) >= 11 is 6.41. The first-order chi connectivity index (χ1) is 14.6. The number of ether oxygens (including phenoxy) is 1. The Hall–Kier alpha value is -3.18.